The number of anilines is 1. The number of hydrogen-bond acceptors (Lipinski definition) is 2. The average Bonchev–Trinajstić information content (AvgIpc) is 3.02. The molecular formula is C16H21ClN2O2. The minimum Gasteiger partial charge on any atom is -0.339 e. The van der Waals surface area contributed by atoms with E-state index in [-0.39, 0.29) is 17.7 Å². The Labute approximate surface area is 130 Å². The number of halogens is 1. The topological polar surface area (TPSA) is 49.4 Å². The molecule has 2 rings (SSSR count). The van der Waals surface area contributed by atoms with E-state index >= 15 is 0 Å². The second-order valence-corrected chi connectivity index (χ2v) is 5.90. The van der Waals surface area contributed by atoms with Crippen LogP contribution in [0, 0.1) is 5.92 Å². The highest BCUT2D eigenvalue weighted by molar-refractivity contribution is 6.33. The van der Waals surface area contributed by atoms with Gasteiger partial charge < -0.3 is 10.2 Å². The lowest BCUT2D eigenvalue weighted by atomic mass is 10.1. The summed E-state index contributed by atoms with van der Waals surface area (Å²) in [6.45, 7) is 5.42. The van der Waals surface area contributed by atoms with Crippen LogP contribution in [0.25, 0.3) is 0 Å². The van der Waals surface area contributed by atoms with Gasteiger partial charge in [-0.1, -0.05) is 25.4 Å². The molecule has 0 saturated carbocycles. The Morgan fingerprint density at radius 1 is 1.33 bits per heavy atom. The Kier molecular flexibility index (Phi) is 5.23. The predicted octanol–water partition coefficient (Wildman–Crippen LogP) is 3.56. The van der Waals surface area contributed by atoms with Gasteiger partial charge in [-0.25, -0.2) is 0 Å². The Morgan fingerprint density at radius 3 is 2.62 bits per heavy atom. The summed E-state index contributed by atoms with van der Waals surface area (Å²) in [6.07, 6.45) is 2.86. The first kappa shape index (κ1) is 15.8. The van der Waals surface area contributed by atoms with Crippen LogP contribution >= 0.6 is 11.6 Å². The molecule has 1 aliphatic heterocycles. The van der Waals surface area contributed by atoms with Crippen molar-refractivity contribution in [3.63, 3.8) is 0 Å². The van der Waals surface area contributed by atoms with Crippen molar-refractivity contribution in [3.05, 3.63) is 28.8 Å². The van der Waals surface area contributed by atoms with Crippen LogP contribution in [-0.4, -0.2) is 29.8 Å². The molecule has 5 heteroatoms. The van der Waals surface area contributed by atoms with Crippen molar-refractivity contribution in [1.82, 2.24) is 4.90 Å². The molecule has 1 aromatic rings. The zero-order valence-corrected chi connectivity index (χ0v) is 13.2. The van der Waals surface area contributed by atoms with Crippen LogP contribution in [0.2, 0.25) is 5.02 Å². The van der Waals surface area contributed by atoms with Gasteiger partial charge in [0, 0.05) is 24.6 Å². The van der Waals surface area contributed by atoms with Gasteiger partial charge in [-0.15, -0.1) is 0 Å². The van der Waals surface area contributed by atoms with Gasteiger partial charge >= 0.3 is 0 Å². The largest absolute Gasteiger partial charge is 0.339 e. The fraction of sp³-hybridized carbons (Fsp3) is 0.500. The van der Waals surface area contributed by atoms with Gasteiger partial charge in [-0.3, -0.25) is 9.59 Å². The van der Waals surface area contributed by atoms with Crippen molar-refractivity contribution in [2.45, 2.75) is 33.1 Å². The lowest BCUT2D eigenvalue weighted by Crippen LogP contribution is -2.27. The smallest absolute Gasteiger partial charge is 0.253 e. The number of nitrogens with zero attached hydrogens (tertiary/aromatic N) is 1. The zero-order valence-electron chi connectivity index (χ0n) is 12.5. The van der Waals surface area contributed by atoms with Crippen molar-refractivity contribution in [1.29, 1.82) is 0 Å². The maximum absolute atomic E-state index is 12.4. The summed E-state index contributed by atoms with van der Waals surface area (Å²) in [5.41, 5.74) is 1.08. The number of rotatable bonds is 4. The van der Waals surface area contributed by atoms with E-state index in [4.69, 9.17) is 11.6 Å². The second-order valence-electron chi connectivity index (χ2n) is 5.49. The third-order valence-electron chi connectivity index (χ3n) is 3.92. The quantitative estimate of drug-likeness (QED) is 0.924. The van der Waals surface area contributed by atoms with Gasteiger partial charge in [0.1, 0.15) is 0 Å². The van der Waals surface area contributed by atoms with Gasteiger partial charge in [0.05, 0.1) is 10.7 Å². The molecule has 2 amide bonds. The molecule has 0 spiro atoms. The van der Waals surface area contributed by atoms with Crippen LogP contribution in [-0.2, 0) is 4.79 Å². The predicted molar refractivity (Wildman–Crippen MR) is 84.7 cm³/mol. The number of likely N-dealkylation sites (tertiary alicyclic amines) is 1. The maximum atomic E-state index is 12.4. The molecule has 0 bridgehead atoms. The van der Waals surface area contributed by atoms with E-state index in [1.54, 1.807) is 18.2 Å². The number of carbonyl (C=O) groups excluding carboxylic acids is 2. The van der Waals surface area contributed by atoms with Crippen molar-refractivity contribution >= 4 is 29.1 Å². The van der Waals surface area contributed by atoms with Gasteiger partial charge in [-0.05, 0) is 37.5 Å². The molecule has 0 aliphatic carbocycles. The molecule has 1 aliphatic rings. The highest BCUT2D eigenvalue weighted by Crippen LogP contribution is 2.25. The van der Waals surface area contributed by atoms with Crippen molar-refractivity contribution in [2.75, 3.05) is 18.4 Å². The van der Waals surface area contributed by atoms with E-state index in [0.29, 0.717) is 16.3 Å². The van der Waals surface area contributed by atoms with Gasteiger partial charge in [0.2, 0.25) is 5.91 Å². The van der Waals surface area contributed by atoms with Crippen LogP contribution < -0.4 is 5.32 Å². The summed E-state index contributed by atoms with van der Waals surface area (Å²) in [6, 6.07) is 5.04. The first-order valence-corrected chi connectivity index (χ1v) is 7.80. The van der Waals surface area contributed by atoms with Gasteiger partial charge in [0.25, 0.3) is 5.91 Å². The van der Waals surface area contributed by atoms with E-state index < -0.39 is 0 Å². The Morgan fingerprint density at radius 2 is 2.00 bits per heavy atom. The van der Waals surface area contributed by atoms with Gasteiger partial charge in [-0.2, -0.15) is 0 Å². The van der Waals surface area contributed by atoms with Crippen molar-refractivity contribution < 1.29 is 9.59 Å². The van der Waals surface area contributed by atoms with Crippen molar-refractivity contribution in [3.8, 4) is 0 Å². The molecule has 1 atom stereocenters. The molecule has 4 nitrogen and oxygen atoms in total. The maximum Gasteiger partial charge on any atom is 0.253 e. The molecular weight excluding hydrogens is 288 g/mol. The molecule has 0 aromatic heterocycles. The van der Waals surface area contributed by atoms with E-state index in [0.717, 1.165) is 32.4 Å². The summed E-state index contributed by atoms with van der Waals surface area (Å²) in [5, 5.41) is 3.25. The first-order valence-electron chi connectivity index (χ1n) is 7.42. The summed E-state index contributed by atoms with van der Waals surface area (Å²) in [7, 11) is 0. The minimum absolute atomic E-state index is 0.00297. The molecule has 114 valence electrons. The third kappa shape index (κ3) is 3.76. The standard InChI is InChI=1S/C16H21ClN2O2/c1-3-11(2)15(20)18-14-10-12(6-7-13(14)17)16(21)19-8-4-5-9-19/h6-7,10-11H,3-5,8-9H2,1-2H3,(H,18,20)/t11-/m0/s1. The number of carbonyl (C=O) groups is 2. The molecule has 1 heterocycles. The minimum atomic E-state index is -0.0843. The van der Waals surface area contributed by atoms with Crippen LogP contribution in [0.5, 0.6) is 0 Å². The number of hydrogen-bond donors (Lipinski definition) is 1. The van der Waals surface area contributed by atoms with E-state index in [2.05, 4.69) is 5.32 Å². The summed E-state index contributed by atoms with van der Waals surface area (Å²) in [4.78, 5) is 26.2. The molecule has 0 unspecified atom stereocenters. The number of benzene rings is 1. The molecule has 0 radical (unpaired) electrons. The lowest BCUT2D eigenvalue weighted by Gasteiger charge is -2.17. The fourth-order valence-corrected chi connectivity index (χ4v) is 2.46. The van der Waals surface area contributed by atoms with Crippen LogP contribution in [0.1, 0.15) is 43.5 Å². The Bertz CT molecular complexity index is 539. The highest BCUT2D eigenvalue weighted by Gasteiger charge is 2.21. The average molecular weight is 309 g/mol. The Hall–Kier alpha value is -1.55. The number of nitrogens with one attached hydrogen (secondary N) is 1. The second kappa shape index (κ2) is 6.94. The molecule has 1 N–H and O–H groups in total. The number of amides is 2. The first-order chi connectivity index (χ1) is 10.0. The van der Waals surface area contributed by atoms with E-state index in [1.807, 2.05) is 18.7 Å². The molecule has 1 aromatic carbocycles. The summed E-state index contributed by atoms with van der Waals surface area (Å²) >= 11 is 6.11. The summed E-state index contributed by atoms with van der Waals surface area (Å²) < 4.78 is 0. The van der Waals surface area contributed by atoms with Crippen LogP contribution in [0.4, 0.5) is 5.69 Å². The zero-order chi connectivity index (χ0) is 15.4. The van der Waals surface area contributed by atoms with Gasteiger partial charge in [0.15, 0.2) is 0 Å². The Balaban J connectivity index is 2.16. The highest BCUT2D eigenvalue weighted by atomic mass is 35.5. The molecule has 1 saturated heterocycles. The fourth-order valence-electron chi connectivity index (χ4n) is 2.30. The van der Waals surface area contributed by atoms with E-state index in [1.165, 1.54) is 0 Å². The normalized spacial score (nSPS) is 15.9. The third-order valence-corrected chi connectivity index (χ3v) is 4.25. The summed E-state index contributed by atoms with van der Waals surface area (Å²) in [5.74, 6) is -0.160. The van der Waals surface area contributed by atoms with Crippen LogP contribution in [0.3, 0.4) is 0 Å². The molecule has 21 heavy (non-hydrogen) atoms. The molecule has 1 fully saturated rings. The van der Waals surface area contributed by atoms with E-state index in [9.17, 15) is 9.59 Å². The monoisotopic (exact) mass is 308 g/mol. The SMILES string of the molecule is CC[C@H](C)C(=O)Nc1cc(C(=O)N2CCCC2)ccc1Cl. The lowest BCUT2D eigenvalue weighted by molar-refractivity contribution is -0.119. The van der Waals surface area contributed by atoms with Crippen LogP contribution in [0.15, 0.2) is 18.2 Å². The van der Waals surface area contributed by atoms with Crippen molar-refractivity contribution in [2.24, 2.45) is 5.92 Å².